The lowest BCUT2D eigenvalue weighted by Crippen LogP contribution is -2.00. The molecule has 0 saturated carbocycles. The molecule has 2 N–H and O–H groups in total. The van der Waals surface area contributed by atoms with Crippen molar-refractivity contribution in [1.82, 2.24) is 9.97 Å². The standard InChI is InChI=1S/C16H12N4O/c1-21-11-6-4-10(5-7-11)14-12-3-2-8-19-16(12)20-15(18)13(14)9-17/h2-8H,1H3,(H2,18,19,20). The molecule has 0 spiro atoms. The maximum atomic E-state index is 9.41. The highest BCUT2D eigenvalue weighted by Crippen LogP contribution is 2.33. The van der Waals surface area contributed by atoms with Crippen LogP contribution >= 0.6 is 0 Å². The molecule has 0 amide bonds. The van der Waals surface area contributed by atoms with E-state index in [1.165, 1.54) is 0 Å². The third-order valence-corrected chi connectivity index (χ3v) is 3.28. The van der Waals surface area contributed by atoms with Crippen LogP contribution in [0.3, 0.4) is 0 Å². The second-order valence-corrected chi connectivity index (χ2v) is 4.46. The van der Waals surface area contributed by atoms with E-state index in [4.69, 9.17) is 10.5 Å². The fourth-order valence-corrected chi connectivity index (χ4v) is 2.28. The molecular formula is C16H12N4O. The van der Waals surface area contributed by atoms with Gasteiger partial charge in [-0.3, -0.25) is 0 Å². The average Bonchev–Trinajstić information content (AvgIpc) is 2.53. The predicted octanol–water partition coefficient (Wildman–Crippen LogP) is 2.76. The third-order valence-electron chi connectivity index (χ3n) is 3.28. The highest BCUT2D eigenvalue weighted by molar-refractivity contribution is 5.98. The summed E-state index contributed by atoms with van der Waals surface area (Å²) >= 11 is 0. The summed E-state index contributed by atoms with van der Waals surface area (Å²) in [5, 5.41) is 10.2. The van der Waals surface area contributed by atoms with Crippen LogP contribution in [0.25, 0.3) is 22.2 Å². The quantitative estimate of drug-likeness (QED) is 0.777. The number of rotatable bonds is 2. The monoisotopic (exact) mass is 276 g/mol. The van der Waals surface area contributed by atoms with Crippen LogP contribution in [0, 0.1) is 11.3 Å². The number of nitrogens with zero attached hydrogens (tertiary/aromatic N) is 3. The van der Waals surface area contributed by atoms with Crippen molar-refractivity contribution in [3.8, 4) is 22.9 Å². The normalized spacial score (nSPS) is 10.3. The minimum absolute atomic E-state index is 0.189. The maximum Gasteiger partial charge on any atom is 0.162 e. The van der Waals surface area contributed by atoms with Crippen molar-refractivity contribution in [1.29, 1.82) is 5.26 Å². The van der Waals surface area contributed by atoms with E-state index in [0.717, 1.165) is 22.3 Å². The largest absolute Gasteiger partial charge is 0.497 e. The zero-order valence-electron chi connectivity index (χ0n) is 11.4. The van der Waals surface area contributed by atoms with E-state index < -0.39 is 0 Å². The van der Waals surface area contributed by atoms with Gasteiger partial charge in [-0.25, -0.2) is 9.97 Å². The molecular weight excluding hydrogens is 264 g/mol. The molecule has 102 valence electrons. The molecule has 3 aromatic rings. The van der Waals surface area contributed by atoms with Gasteiger partial charge < -0.3 is 10.5 Å². The molecule has 1 aromatic carbocycles. The Hall–Kier alpha value is -3.13. The average molecular weight is 276 g/mol. The molecule has 5 heteroatoms. The summed E-state index contributed by atoms with van der Waals surface area (Å²) in [4.78, 5) is 8.40. The molecule has 3 rings (SSSR count). The Morgan fingerprint density at radius 1 is 1.19 bits per heavy atom. The van der Waals surface area contributed by atoms with Gasteiger partial charge in [0.1, 0.15) is 23.2 Å². The molecule has 21 heavy (non-hydrogen) atoms. The Balaban J connectivity index is 2.35. The van der Waals surface area contributed by atoms with Crippen LogP contribution < -0.4 is 10.5 Å². The lowest BCUT2D eigenvalue weighted by Gasteiger charge is -2.10. The molecule has 0 atom stereocenters. The van der Waals surface area contributed by atoms with Crippen molar-refractivity contribution >= 4 is 16.9 Å². The molecule has 0 aliphatic carbocycles. The van der Waals surface area contributed by atoms with E-state index in [1.807, 2.05) is 36.4 Å². The molecule has 5 nitrogen and oxygen atoms in total. The van der Waals surface area contributed by atoms with Gasteiger partial charge in [-0.05, 0) is 29.8 Å². The minimum atomic E-state index is 0.189. The number of nitrogen functional groups attached to an aromatic ring is 1. The Labute approximate surface area is 121 Å². The summed E-state index contributed by atoms with van der Waals surface area (Å²) in [7, 11) is 1.61. The molecule has 0 radical (unpaired) electrons. The van der Waals surface area contributed by atoms with E-state index in [2.05, 4.69) is 16.0 Å². The number of hydrogen-bond donors (Lipinski definition) is 1. The summed E-state index contributed by atoms with van der Waals surface area (Å²) in [5.74, 6) is 0.941. The molecule has 2 aromatic heterocycles. The van der Waals surface area contributed by atoms with E-state index in [0.29, 0.717) is 11.2 Å². The number of nitrogens with two attached hydrogens (primary N) is 1. The van der Waals surface area contributed by atoms with Gasteiger partial charge in [-0.1, -0.05) is 12.1 Å². The molecule has 0 bridgehead atoms. The summed E-state index contributed by atoms with van der Waals surface area (Å²) in [6.07, 6.45) is 1.65. The summed E-state index contributed by atoms with van der Waals surface area (Å²) < 4.78 is 5.16. The van der Waals surface area contributed by atoms with Crippen LogP contribution in [0.15, 0.2) is 42.6 Å². The smallest absolute Gasteiger partial charge is 0.162 e. The summed E-state index contributed by atoms with van der Waals surface area (Å²) in [5.41, 5.74) is 8.40. The molecule has 0 unspecified atom stereocenters. The van der Waals surface area contributed by atoms with Crippen molar-refractivity contribution in [3.63, 3.8) is 0 Å². The summed E-state index contributed by atoms with van der Waals surface area (Å²) in [6.45, 7) is 0. The predicted molar refractivity (Wildman–Crippen MR) is 80.7 cm³/mol. The topological polar surface area (TPSA) is 84.8 Å². The molecule has 0 aliphatic heterocycles. The Morgan fingerprint density at radius 3 is 2.62 bits per heavy atom. The lowest BCUT2D eigenvalue weighted by molar-refractivity contribution is 0.415. The van der Waals surface area contributed by atoms with Gasteiger partial charge in [0.05, 0.1) is 7.11 Å². The highest BCUT2D eigenvalue weighted by atomic mass is 16.5. The van der Waals surface area contributed by atoms with Crippen molar-refractivity contribution < 1.29 is 4.74 Å². The minimum Gasteiger partial charge on any atom is -0.497 e. The number of aromatic nitrogens is 2. The first-order chi connectivity index (χ1) is 10.2. The number of methoxy groups -OCH3 is 1. The molecule has 2 heterocycles. The number of benzene rings is 1. The van der Waals surface area contributed by atoms with Crippen LogP contribution in [0.2, 0.25) is 0 Å². The first-order valence-corrected chi connectivity index (χ1v) is 6.33. The van der Waals surface area contributed by atoms with Crippen molar-refractivity contribution in [3.05, 3.63) is 48.2 Å². The Bertz CT molecular complexity index is 851. The van der Waals surface area contributed by atoms with Crippen molar-refractivity contribution in [2.75, 3.05) is 12.8 Å². The molecule has 0 saturated heterocycles. The highest BCUT2D eigenvalue weighted by Gasteiger charge is 2.15. The number of ether oxygens (including phenoxy) is 1. The van der Waals surface area contributed by atoms with Gasteiger partial charge in [-0.15, -0.1) is 0 Å². The fraction of sp³-hybridized carbons (Fsp3) is 0.0625. The van der Waals surface area contributed by atoms with Gasteiger partial charge in [0.25, 0.3) is 0 Å². The van der Waals surface area contributed by atoms with Gasteiger partial charge in [0.15, 0.2) is 5.65 Å². The van der Waals surface area contributed by atoms with Crippen LogP contribution in [0.5, 0.6) is 5.75 Å². The Morgan fingerprint density at radius 2 is 1.95 bits per heavy atom. The van der Waals surface area contributed by atoms with Crippen LogP contribution in [0.4, 0.5) is 5.82 Å². The van der Waals surface area contributed by atoms with Crippen LogP contribution in [-0.4, -0.2) is 17.1 Å². The van der Waals surface area contributed by atoms with E-state index in [1.54, 1.807) is 13.3 Å². The van der Waals surface area contributed by atoms with Gasteiger partial charge in [0, 0.05) is 17.1 Å². The number of hydrogen-bond acceptors (Lipinski definition) is 5. The van der Waals surface area contributed by atoms with Gasteiger partial charge in [0.2, 0.25) is 0 Å². The zero-order valence-corrected chi connectivity index (χ0v) is 11.4. The summed E-state index contributed by atoms with van der Waals surface area (Å²) in [6, 6.07) is 13.3. The van der Waals surface area contributed by atoms with E-state index in [9.17, 15) is 5.26 Å². The first kappa shape index (κ1) is 12.9. The SMILES string of the molecule is COc1ccc(-c2c(C#N)c(N)nc3ncccc23)cc1. The maximum absolute atomic E-state index is 9.41. The molecule has 0 fully saturated rings. The van der Waals surface area contributed by atoms with E-state index >= 15 is 0 Å². The van der Waals surface area contributed by atoms with Crippen molar-refractivity contribution in [2.45, 2.75) is 0 Å². The first-order valence-electron chi connectivity index (χ1n) is 6.33. The Kier molecular flexibility index (Phi) is 3.13. The van der Waals surface area contributed by atoms with Gasteiger partial charge in [-0.2, -0.15) is 5.26 Å². The van der Waals surface area contributed by atoms with Gasteiger partial charge >= 0.3 is 0 Å². The number of pyridine rings is 2. The zero-order chi connectivity index (χ0) is 14.8. The van der Waals surface area contributed by atoms with E-state index in [-0.39, 0.29) is 5.82 Å². The fourth-order valence-electron chi connectivity index (χ4n) is 2.28. The van der Waals surface area contributed by atoms with Crippen LogP contribution in [-0.2, 0) is 0 Å². The third kappa shape index (κ3) is 2.13. The second kappa shape index (κ2) is 5.10. The number of nitriles is 1. The second-order valence-electron chi connectivity index (χ2n) is 4.46. The number of anilines is 1. The lowest BCUT2D eigenvalue weighted by atomic mass is 9.97. The molecule has 0 aliphatic rings. The van der Waals surface area contributed by atoms with Crippen molar-refractivity contribution in [2.24, 2.45) is 0 Å². The number of fused-ring (bicyclic) bond motifs is 1. The van der Waals surface area contributed by atoms with Crippen LogP contribution in [0.1, 0.15) is 5.56 Å².